The molecule has 0 radical (unpaired) electrons. The number of rotatable bonds is 3. The fourth-order valence-corrected chi connectivity index (χ4v) is 2.73. The predicted molar refractivity (Wildman–Crippen MR) is 88.8 cm³/mol. The Labute approximate surface area is 134 Å². The Morgan fingerprint density at radius 3 is 2.30 bits per heavy atom. The van der Waals surface area contributed by atoms with E-state index in [0.29, 0.717) is 11.3 Å². The fourth-order valence-electron chi connectivity index (χ4n) is 1.94. The molecular formula is C15H14Br2N2O. The van der Waals surface area contributed by atoms with Gasteiger partial charge in [-0.3, -0.25) is 5.41 Å². The predicted octanol–water partition coefficient (Wildman–Crippen LogP) is 4.90. The zero-order chi connectivity index (χ0) is 14.9. The molecule has 20 heavy (non-hydrogen) atoms. The van der Waals surface area contributed by atoms with Gasteiger partial charge in [-0.25, -0.2) is 0 Å². The van der Waals surface area contributed by atoms with Crippen molar-refractivity contribution >= 4 is 37.7 Å². The van der Waals surface area contributed by atoms with Gasteiger partial charge in [-0.1, -0.05) is 22.0 Å². The van der Waals surface area contributed by atoms with Crippen molar-refractivity contribution < 1.29 is 4.74 Å². The van der Waals surface area contributed by atoms with Crippen LogP contribution in [0.3, 0.4) is 0 Å². The van der Waals surface area contributed by atoms with Crippen LogP contribution >= 0.6 is 31.9 Å². The molecule has 0 bridgehead atoms. The normalized spacial score (nSPS) is 10.4. The van der Waals surface area contributed by atoms with Gasteiger partial charge in [0, 0.05) is 8.95 Å². The van der Waals surface area contributed by atoms with Crippen LogP contribution in [0.4, 0.5) is 0 Å². The van der Waals surface area contributed by atoms with Gasteiger partial charge in [0.1, 0.15) is 17.3 Å². The minimum Gasteiger partial charge on any atom is -0.457 e. The molecule has 0 aromatic heterocycles. The Hall–Kier alpha value is -1.33. The second kappa shape index (κ2) is 5.97. The van der Waals surface area contributed by atoms with Crippen molar-refractivity contribution in [2.24, 2.45) is 5.73 Å². The molecule has 3 N–H and O–H groups in total. The number of hydrogen-bond donors (Lipinski definition) is 2. The Bertz CT molecular complexity index is 661. The van der Waals surface area contributed by atoms with E-state index in [1.807, 2.05) is 38.1 Å². The third kappa shape index (κ3) is 3.04. The van der Waals surface area contributed by atoms with E-state index in [-0.39, 0.29) is 5.84 Å². The minimum absolute atomic E-state index is 0.0296. The Morgan fingerprint density at radius 1 is 1.15 bits per heavy atom. The molecule has 5 heteroatoms. The van der Waals surface area contributed by atoms with E-state index in [1.54, 1.807) is 6.07 Å². The molecule has 0 aliphatic carbocycles. The minimum atomic E-state index is -0.0296. The lowest BCUT2D eigenvalue weighted by molar-refractivity contribution is 0.480. The zero-order valence-corrected chi connectivity index (χ0v) is 14.3. The van der Waals surface area contributed by atoms with Gasteiger partial charge in [0.05, 0.1) is 5.56 Å². The molecule has 0 unspecified atom stereocenters. The third-order valence-electron chi connectivity index (χ3n) is 2.88. The summed E-state index contributed by atoms with van der Waals surface area (Å²) in [5, 5.41) is 7.66. The fraction of sp³-hybridized carbons (Fsp3) is 0.133. The van der Waals surface area contributed by atoms with Crippen LogP contribution in [0.5, 0.6) is 11.5 Å². The van der Waals surface area contributed by atoms with Gasteiger partial charge in [0.15, 0.2) is 0 Å². The molecule has 104 valence electrons. The van der Waals surface area contributed by atoms with Crippen molar-refractivity contribution in [3.05, 3.63) is 56.0 Å². The Balaban J connectivity index is 2.45. The zero-order valence-electron chi connectivity index (χ0n) is 11.1. The molecule has 0 amide bonds. The van der Waals surface area contributed by atoms with E-state index in [4.69, 9.17) is 15.9 Å². The van der Waals surface area contributed by atoms with E-state index in [1.165, 1.54) is 0 Å². The van der Waals surface area contributed by atoms with Gasteiger partial charge in [-0.2, -0.15) is 0 Å². The number of aryl methyl sites for hydroxylation is 2. The first-order chi connectivity index (χ1) is 9.40. The monoisotopic (exact) mass is 396 g/mol. The van der Waals surface area contributed by atoms with Crippen LogP contribution in [0, 0.1) is 19.3 Å². The summed E-state index contributed by atoms with van der Waals surface area (Å²) >= 11 is 6.92. The van der Waals surface area contributed by atoms with Crippen LogP contribution in [-0.2, 0) is 0 Å². The SMILES string of the molecule is Cc1cc(Oc2cccc(Br)c2C(=N)N)cc(C)c1Br. The van der Waals surface area contributed by atoms with E-state index >= 15 is 0 Å². The number of nitrogens with two attached hydrogens (primary N) is 1. The number of hydrogen-bond acceptors (Lipinski definition) is 2. The topological polar surface area (TPSA) is 59.1 Å². The Morgan fingerprint density at radius 2 is 1.75 bits per heavy atom. The van der Waals surface area contributed by atoms with Crippen LogP contribution in [-0.4, -0.2) is 5.84 Å². The summed E-state index contributed by atoms with van der Waals surface area (Å²) in [4.78, 5) is 0. The van der Waals surface area contributed by atoms with Crippen LogP contribution in [0.1, 0.15) is 16.7 Å². The van der Waals surface area contributed by atoms with Crippen molar-refractivity contribution in [1.82, 2.24) is 0 Å². The van der Waals surface area contributed by atoms with Crippen LogP contribution in [0.15, 0.2) is 39.3 Å². The summed E-state index contributed by atoms with van der Waals surface area (Å²) in [7, 11) is 0. The third-order valence-corrected chi connectivity index (χ3v) is 4.79. The standard InChI is InChI=1S/C15H14Br2N2O/c1-8-6-10(7-9(2)14(8)17)20-12-5-3-4-11(16)13(12)15(18)19/h3-7H,1-2H3,(H3,18,19). The van der Waals surface area contributed by atoms with Gasteiger partial charge in [0.2, 0.25) is 0 Å². The summed E-state index contributed by atoms with van der Waals surface area (Å²) in [6.07, 6.45) is 0. The molecule has 0 atom stereocenters. The van der Waals surface area contributed by atoms with Crippen LogP contribution in [0.25, 0.3) is 0 Å². The van der Waals surface area contributed by atoms with Gasteiger partial charge in [-0.05, 0) is 65.2 Å². The van der Waals surface area contributed by atoms with E-state index in [2.05, 4.69) is 31.9 Å². The van der Waals surface area contributed by atoms with E-state index in [0.717, 1.165) is 25.8 Å². The maximum atomic E-state index is 7.66. The Kier molecular flexibility index (Phi) is 4.50. The van der Waals surface area contributed by atoms with Gasteiger partial charge >= 0.3 is 0 Å². The maximum absolute atomic E-state index is 7.66. The highest BCUT2D eigenvalue weighted by Gasteiger charge is 2.12. The first-order valence-electron chi connectivity index (χ1n) is 5.97. The van der Waals surface area contributed by atoms with Gasteiger partial charge in [-0.15, -0.1) is 0 Å². The molecule has 3 nitrogen and oxygen atoms in total. The molecule has 0 fully saturated rings. The molecule has 0 heterocycles. The lowest BCUT2D eigenvalue weighted by Gasteiger charge is -2.13. The molecule has 0 saturated carbocycles. The van der Waals surface area contributed by atoms with Crippen LogP contribution < -0.4 is 10.5 Å². The molecule has 0 aliphatic rings. The van der Waals surface area contributed by atoms with E-state index < -0.39 is 0 Å². The molecule has 0 aliphatic heterocycles. The lowest BCUT2D eigenvalue weighted by atomic mass is 10.1. The largest absolute Gasteiger partial charge is 0.457 e. The maximum Gasteiger partial charge on any atom is 0.139 e. The van der Waals surface area contributed by atoms with Crippen LogP contribution in [0.2, 0.25) is 0 Å². The van der Waals surface area contributed by atoms with Gasteiger partial charge < -0.3 is 10.5 Å². The summed E-state index contributed by atoms with van der Waals surface area (Å²) in [6.45, 7) is 4.02. The quantitative estimate of drug-likeness (QED) is 0.571. The summed E-state index contributed by atoms with van der Waals surface area (Å²) in [6, 6.07) is 9.38. The van der Waals surface area contributed by atoms with Crippen molar-refractivity contribution in [1.29, 1.82) is 5.41 Å². The molecule has 2 aromatic carbocycles. The second-order valence-electron chi connectivity index (χ2n) is 4.50. The van der Waals surface area contributed by atoms with Crippen molar-refractivity contribution in [2.75, 3.05) is 0 Å². The summed E-state index contributed by atoms with van der Waals surface area (Å²) < 4.78 is 7.72. The highest BCUT2D eigenvalue weighted by atomic mass is 79.9. The van der Waals surface area contributed by atoms with Crippen molar-refractivity contribution in [3.63, 3.8) is 0 Å². The smallest absolute Gasteiger partial charge is 0.139 e. The number of nitrogens with one attached hydrogen (secondary N) is 1. The number of benzene rings is 2. The highest BCUT2D eigenvalue weighted by molar-refractivity contribution is 9.10. The lowest BCUT2D eigenvalue weighted by Crippen LogP contribution is -2.13. The first kappa shape index (κ1) is 15.1. The average molecular weight is 398 g/mol. The summed E-state index contributed by atoms with van der Waals surface area (Å²) in [5.74, 6) is 1.26. The molecule has 0 saturated heterocycles. The first-order valence-corrected chi connectivity index (χ1v) is 7.56. The molecule has 2 aromatic rings. The molecule has 2 rings (SSSR count). The van der Waals surface area contributed by atoms with Gasteiger partial charge in [0.25, 0.3) is 0 Å². The van der Waals surface area contributed by atoms with Crippen molar-refractivity contribution in [3.8, 4) is 11.5 Å². The summed E-state index contributed by atoms with van der Waals surface area (Å²) in [5.41, 5.74) is 8.37. The molecular weight excluding hydrogens is 384 g/mol. The van der Waals surface area contributed by atoms with Crippen molar-refractivity contribution in [2.45, 2.75) is 13.8 Å². The number of nitrogen functional groups attached to an aromatic ring is 1. The number of ether oxygens (including phenoxy) is 1. The number of amidine groups is 1. The average Bonchev–Trinajstić information content (AvgIpc) is 2.35. The van der Waals surface area contributed by atoms with E-state index in [9.17, 15) is 0 Å². The highest BCUT2D eigenvalue weighted by Crippen LogP contribution is 2.33. The molecule has 0 spiro atoms. The second-order valence-corrected chi connectivity index (χ2v) is 6.15. The number of halogens is 2.